The summed E-state index contributed by atoms with van der Waals surface area (Å²) in [5, 5.41) is 6.88. The summed E-state index contributed by atoms with van der Waals surface area (Å²) < 4.78 is 0. The Bertz CT molecular complexity index is 803. The maximum absolute atomic E-state index is 4.51. The number of rotatable bonds is 8. The molecule has 0 fully saturated rings. The fourth-order valence-electron chi connectivity index (χ4n) is 2.93. The van der Waals surface area contributed by atoms with Crippen molar-refractivity contribution in [2.75, 3.05) is 17.2 Å². The minimum atomic E-state index is 0.191. The highest BCUT2D eigenvalue weighted by atomic mass is 15.1. The van der Waals surface area contributed by atoms with E-state index in [1.165, 1.54) is 11.1 Å². The second-order valence-electron chi connectivity index (χ2n) is 6.48. The molecular weight excluding hydrogens is 320 g/mol. The first-order valence-electron chi connectivity index (χ1n) is 9.15. The number of aromatic nitrogens is 2. The van der Waals surface area contributed by atoms with Crippen LogP contribution in [0.3, 0.4) is 0 Å². The number of hydrogen-bond donors (Lipinski definition) is 2. The summed E-state index contributed by atoms with van der Waals surface area (Å²) in [5.41, 5.74) is 2.60. The highest BCUT2D eigenvalue weighted by Gasteiger charge is 2.07. The van der Waals surface area contributed by atoms with E-state index in [2.05, 4.69) is 82.1 Å². The van der Waals surface area contributed by atoms with Crippen LogP contribution in [0.2, 0.25) is 0 Å². The van der Waals surface area contributed by atoms with Crippen molar-refractivity contribution >= 4 is 11.6 Å². The third kappa shape index (κ3) is 5.31. The second kappa shape index (κ2) is 8.99. The van der Waals surface area contributed by atoms with Gasteiger partial charge in [-0.15, -0.1) is 0 Å². The third-order valence-corrected chi connectivity index (χ3v) is 4.29. The highest BCUT2D eigenvalue weighted by Crippen LogP contribution is 2.19. The Hall–Kier alpha value is -2.88. The van der Waals surface area contributed by atoms with Gasteiger partial charge in [-0.25, -0.2) is 9.97 Å². The Balaban J connectivity index is 1.55. The molecule has 0 saturated carbocycles. The fraction of sp³-hybridized carbons (Fsp3) is 0.273. The van der Waals surface area contributed by atoms with Crippen LogP contribution < -0.4 is 10.6 Å². The van der Waals surface area contributed by atoms with Gasteiger partial charge in [0.25, 0.3) is 0 Å². The Kier molecular flexibility index (Phi) is 6.20. The lowest BCUT2D eigenvalue weighted by atomic mass is 10.1. The maximum atomic E-state index is 4.51. The molecule has 0 radical (unpaired) electrons. The average Bonchev–Trinajstić information content (AvgIpc) is 2.66. The molecule has 1 atom stereocenters. The summed E-state index contributed by atoms with van der Waals surface area (Å²) >= 11 is 0. The fourth-order valence-corrected chi connectivity index (χ4v) is 2.93. The van der Waals surface area contributed by atoms with Crippen LogP contribution in [-0.4, -0.2) is 16.5 Å². The lowest BCUT2D eigenvalue weighted by Crippen LogP contribution is -2.11. The van der Waals surface area contributed by atoms with Gasteiger partial charge in [0, 0.05) is 18.7 Å². The Labute approximate surface area is 155 Å². The van der Waals surface area contributed by atoms with E-state index >= 15 is 0 Å². The summed E-state index contributed by atoms with van der Waals surface area (Å²) in [6.07, 6.45) is 2.13. The van der Waals surface area contributed by atoms with Gasteiger partial charge in [0.05, 0.1) is 0 Å². The predicted octanol–water partition coefficient (Wildman–Crippen LogP) is 5.00. The molecule has 0 saturated heterocycles. The van der Waals surface area contributed by atoms with Gasteiger partial charge in [-0.3, -0.25) is 0 Å². The van der Waals surface area contributed by atoms with Crippen LogP contribution in [0.4, 0.5) is 11.6 Å². The van der Waals surface area contributed by atoms with Gasteiger partial charge in [-0.05, 0) is 37.8 Å². The van der Waals surface area contributed by atoms with E-state index in [0.29, 0.717) is 0 Å². The highest BCUT2D eigenvalue weighted by molar-refractivity contribution is 5.48. The standard InChI is InChI=1S/C22H26N4/c1-17(20-13-7-4-8-14-20)24-22-16-21(25-18(2)26-22)23-15-9-12-19-10-5-3-6-11-19/h3-8,10-11,13-14,16-17H,9,12,15H2,1-2H3,(H2,23,24,25,26). The van der Waals surface area contributed by atoms with Crippen molar-refractivity contribution in [3.05, 3.63) is 83.7 Å². The van der Waals surface area contributed by atoms with Gasteiger partial charge >= 0.3 is 0 Å². The van der Waals surface area contributed by atoms with Crippen LogP contribution in [0.25, 0.3) is 0 Å². The lowest BCUT2D eigenvalue weighted by Gasteiger charge is -2.16. The first-order chi connectivity index (χ1) is 12.7. The van der Waals surface area contributed by atoms with Crippen LogP contribution in [0.5, 0.6) is 0 Å². The zero-order valence-corrected chi connectivity index (χ0v) is 15.4. The van der Waals surface area contributed by atoms with E-state index in [-0.39, 0.29) is 6.04 Å². The van der Waals surface area contributed by atoms with Gasteiger partial charge in [0.15, 0.2) is 0 Å². The first-order valence-corrected chi connectivity index (χ1v) is 9.15. The molecular formula is C22H26N4. The Morgan fingerprint density at radius 3 is 2.27 bits per heavy atom. The molecule has 0 amide bonds. The monoisotopic (exact) mass is 346 g/mol. The SMILES string of the molecule is Cc1nc(NCCCc2ccccc2)cc(NC(C)c2ccccc2)n1. The predicted molar refractivity (Wildman–Crippen MR) is 109 cm³/mol. The summed E-state index contributed by atoms with van der Waals surface area (Å²) in [5.74, 6) is 2.48. The number of nitrogens with one attached hydrogen (secondary N) is 2. The van der Waals surface area contributed by atoms with Gasteiger partial charge in [-0.1, -0.05) is 60.7 Å². The van der Waals surface area contributed by atoms with Crippen LogP contribution in [0, 0.1) is 6.92 Å². The molecule has 3 rings (SSSR count). The first kappa shape index (κ1) is 17.9. The average molecular weight is 346 g/mol. The van der Waals surface area contributed by atoms with Gasteiger partial charge < -0.3 is 10.6 Å². The number of nitrogens with zero attached hydrogens (tertiary/aromatic N) is 2. The molecule has 1 heterocycles. The third-order valence-electron chi connectivity index (χ3n) is 4.29. The number of anilines is 2. The summed E-state index contributed by atoms with van der Waals surface area (Å²) in [6, 6.07) is 23.1. The van der Waals surface area contributed by atoms with E-state index in [1.807, 2.05) is 19.1 Å². The normalized spacial score (nSPS) is 11.8. The molecule has 1 aromatic heterocycles. The molecule has 2 N–H and O–H groups in total. The summed E-state index contributed by atoms with van der Waals surface area (Å²) in [6.45, 7) is 4.95. The zero-order chi connectivity index (χ0) is 18.2. The molecule has 0 aliphatic heterocycles. The summed E-state index contributed by atoms with van der Waals surface area (Å²) in [7, 11) is 0. The molecule has 0 bridgehead atoms. The Morgan fingerprint density at radius 2 is 1.54 bits per heavy atom. The zero-order valence-electron chi connectivity index (χ0n) is 15.4. The molecule has 0 spiro atoms. The van der Waals surface area contributed by atoms with Crippen LogP contribution in [-0.2, 0) is 6.42 Å². The number of aryl methyl sites for hydroxylation is 2. The molecule has 4 nitrogen and oxygen atoms in total. The minimum Gasteiger partial charge on any atom is -0.370 e. The van der Waals surface area contributed by atoms with E-state index in [9.17, 15) is 0 Å². The van der Waals surface area contributed by atoms with Crippen molar-refractivity contribution in [1.82, 2.24) is 9.97 Å². The molecule has 4 heteroatoms. The molecule has 3 aromatic rings. The number of benzene rings is 2. The molecule has 2 aromatic carbocycles. The summed E-state index contributed by atoms with van der Waals surface area (Å²) in [4.78, 5) is 9.01. The van der Waals surface area contributed by atoms with E-state index in [1.54, 1.807) is 0 Å². The quantitative estimate of drug-likeness (QED) is 0.563. The lowest BCUT2D eigenvalue weighted by molar-refractivity contribution is 0.850. The molecule has 134 valence electrons. The van der Waals surface area contributed by atoms with E-state index < -0.39 is 0 Å². The topological polar surface area (TPSA) is 49.8 Å². The van der Waals surface area contributed by atoms with Crippen LogP contribution in [0.1, 0.15) is 36.3 Å². The van der Waals surface area contributed by atoms with Crippen molar-refractivity contribution in [2.45, 2.75) is 32.7 Å². The van der Waals surface area contributed by atoms with E-state index in [4.69, 9.17) is 0 Å². The van der Waals surface area contributed by atoms with Crippen molar-refractivity contribution < 1.29 is 0 Å². The smallest absolute Gasteiger partial charge is 0.132 e. The van der Waals surface area contributed by atoms with Gasteiger partial charge in [-0.2, -0.15) is 0 Å². The minimum absolute atomic E-state index is 0.191. The van der Waals surface area contributed by atoms with Crippen molar-refractivity contribution in [3.63, 3.8) is 0 Å². The Morgan fingerprint density at radius 1 is 0.885 bits per heavy atom. The van der Waals surface area contributed by atoms with Gasteiger partial charge in [0.2, 0.25) is 0 Å². The maximum Gasteiger partial charge on any atom is 0.132 e. The van der Waals surface area contributed by atoms with Crippen molar-refractivity contribution in [2.24, 2.45) is 0 Å². The molecule has 26 heavy (non-hydrogen) atoms. The molecule has 0 aliphatic carbocycles. The van der Waals surface area contributed by atoms with Crippen molar-refractivity contribution in [1.29, 1.82) is 0 Å². The van der Waals surface area contributed by atoms with E-state index in [0.717, 1.165) is 36.8 Å². The van der Waals surface area contributed by atoms with Gasteiger partial charge in [0.1, 0.15) is 17.5 Å². The van der Waals surface area contributed by atoms with Crippen LogP contribution >= 0.6 is 0 Å². The second-order valence-corrected chi connectivity index (χ2v) is 6.48. The number of hydrogen-bond acceptors (Lipinski definition) is 4. The van der Waals surface area contributed by atoms with Crippen molar-refractivity contribution in [3.8, 4) is 0 Å². The van der Waals surface area contributed by atoms with Crippen LogP contribution in [0.15, 0.2) is 66.7 Å². The molecule has 0 aliphatic rings. The largest absolute Gasteiger partial charge is 0.370 e. The molecule has 1 unspecified atom stereocenters.